The summed E-state index contributed by atoms with van der Waals surface area (Å²) in [5.41, 5.74) is 0.386. The minimum Gasteiger partial charge on any atom is -0.463 e. The number of nitriles is 1. The van der Waals surface area contributed by atoms with Gasteiger partial charge in [0.2, 0.25) is 6.29 Å². The molecule has 2 heterocycles. The van der Waals surface area contributed by atoms with Crippen LogP contribution in [0.2, 0.25) is 0 Å². The molecular formula is C34H41NO18. The molecular weight excluding hydrogens is 710 g/mol. The summed E-state index contributed by atoms with van der Waals surface area (Å²) in [6.07, 6.45) is -16.9. The highest BCUT2D eigenvalue weighted by atomic mass is 16.8. The molecule has 0 N–H and O–H groups in total. The standard InChI is InChI=1S/C34H41NO18/c1-16(36)43-14-25-27(45-17(2)37)29(47-19(4)39)31(49-21(6)41)33(52-25)44-15-26-28(46-18(3)38)30(48-20(5)40)32(50-22(7)42)34(53-26)51-24(13-35)23-11-9-8-10-12-23/h8-12,24-34H,14-15H2,1-7H3/t24-,25+,26-,27+,28-,29-,30+,31+,32-,33-,34-/m1/s1. The van der Waals surface area contributed by atoms with Gasteiger partial charge in [0.1, 0.15) is 18.8 Å². The van der Waals surface area contributed by atoms with Crippen molar-refractivity contribution in [1.82, 2.24) is 0 Å². The van der Waals surface area contributed by atoms with E-state index in [1.54, 1.807) is 30.3 Å². The molecule has 0 bridgehead atoms. The van der Waals surface area contributed by atoms with Crippen LogP contribution in [0.5, 0.6) is 0 Å². The number of benzene rings is 1. The van der Waals surface area contributed by atoms with E-state index in [0.29, 0.717) is 5.56 Å². The van der Waals surface area contributed by atoms with Crippen LogP contribution in [-0.2, 0) is 85.7 Å². The molecule has 0 aromatic heterocycles. The summed E-state index contributed by atoms with van der Waals surface area (Å²) >= 11 is 0. The first-order chi connectivity index (χ1) is 25.0. The van der Waals surface area contributed by atoms with E-state index in [1.165, 1.54) is 0 Å². The van der Waals surface area contributed by atoms with Gasteiger partial charge in [-0.15, -0.1) is 0 Å². The fourth-order valence-corrected chi connectivity index (χ4v) is 5.56. The third kappa shape index (κ3) is 12.5. The molecule has 3 rings (SSSR count). The first-order valence-electron chi connectivity index (χ1n) is 16.2. The minimum atomic E-state index is -1.69. The number of hydrogen-bond donors (Lipinski definition) is 0. The van der Waals surface area contributed by atoms with Gasteiger partial charge in [0.15, 0.2) is 49.0 Å². The number of esters is 7. The van der Waals surface area contributed by atoms with Gasteiger partial charge in [0.05, 0.1) is 12.7 Å². The van der Waals surface area contributed by atoms with Gasteiger partial charge in [-0.3, -0.25) is 33.6 Å². The zero-order valence-corrected chi connectivity index (χ0v) is 29.9. The third-order valence-corrected chi connectivity index (χ3v) is 7.36. The van der Waals surface area contributed by atoms with Gasteiger partial charge in [-0.05, 0) is 5.56 Å². The summed E-state index contributed by atoms with van der Waals surface area (Å²) in [6.45, 7) is 6.18. The fourth-order valence-electron chi connectivity index (χ4n) is 5.56. The van der Waals surface area contributed by atoms with Gasteiger partial charge < -0.3 is 52.1 Å². The molecule has 2 aliphatic rings. The van der Waals surface area contributed by atoms with E-state index in [1.807, 2.05) is 6.07 Å². The molecule has 0 unspecified atom stereocenters. The molecule has 0 spiro atoms. The topological polar surface area (TPSA) is 245 Å². The van der Waals surface area contributed by atoms with Crippen molar-refractivity contribution in [1.29, 1.82) is 5.26 Å². The first kappa shape index (κ1) is 42.3. The monoisotopic (exact) mass is 751 g/mol. The average Bonchev–Trinajstić information content (AvgIpc) is 3.05. The highest BCUT2D eigenvalue weighted by Gasteiger charge is 2.56. The minimum absolute atomic E-state index is 0.386. The Morgan fingerprint density at radius 1 is 0.566 bits per heavy atom. The van der Waals surface area contributed by atoms with Gasteiger partial charge in [-0.1, -0.05) is 30.3 Å². The van der Waals surface area contributed by atoms with Crippen molar-refractivity contribution in [2.45, 2.75) is 116 Å². The van der Waals surface area contributed by atoms with Crippen molar-refractivity contribution < 1.29 is 85.7 Å². The number of carbonyl (C=O) groups excluding carboxylic acids is 7. The Morgan fingerprint density at radius 2 is 0.962 bits per heavy atom. The van der Waals surface area contributed by atoms with E-state index in [-0.39, 0.29) is 0 Å². The van der Waals surface area contributed by atoms with Crippen LogP contribution in [0.4, 0.5) is 0 Å². The predicted molar refractivity (Wildman–Crippen MR) is 169 cm³/mol. The van der Waals surface area contributed by atoms with E-state index >= 15 is 0 Å². The largest absolute Gasteiger partial charge is 0.463 e. The highest BCUT2D eigenvalue weighted by molar-refractivity contribution is 5.69. The Morgan fingerprint density at radius 3 is 1.40 bits per heavy atom. The summed E-state index contributed by atoms with van der Waals surface area (Å²) in [7, 11) is 0. The molecule has 1 aromatic rings. The highest BCUT2D eigenvalue weighted by Crippen LogP contribution is 2.35. The molecule has 0 aliphatic carbocycles. The van der Waals surface area contributed by atoms with Crippen LogP contribution in [0, 0.1) is 11.3 Å². The average molecular weight is 752 g/mol. The van der Waals surface area contributed by atoms with Crippen LogP contribution < -0.4 is 0 Å². The Bertz CT molecular complexity index is 1530. The summed E-state index contributed by atoms with van der Waals surface area (Å²) in [5, 5.41) is 9.99. The van der Waals surface area contributed by atoms with Gasteiger partial charge in [0.25, 0.3) is 0 Å². The molecule has 1 aromatic carbocycles. The normalized spacial score (nSPS) is 28.5. The SMILES string of the molecule is CC(=O)OC[C@@H]1O[C@@H](OC[C@H]2O[C@@H](O[C@H](C#N)c3ccccc3)[C@H](OC(C)=O)[C@@H](OC(C)=O)[C@@H]2OC(C)=O)[C@@H](OC(C)=O)[C@H](OC(C)=O)[C@H]1OC(C)=O. The summed E-state index contributed by atoms with van der Waals surface area (Å²) < 4.78 is 61.9. The predicted octanol–water partition coefficient (Wildman–Crippen LogP) is 0.888. The summed E-state index contributed by atoms with van der Waals surface area (Å²) in [4.78, 5) is 85.3. The number of carbonyl (C=O) groups is 7. The lowest BCUT2D eigenvalue weighted by atomic mass is 9.97. The van der Waals surface area contributed by atoms with Crippen LogP contribution in [0.15, 0.2) is 30.3 Å². The Balaban J connectivity index is 2.08. The molecule has 19 nitrogen and oxygen atoms in total. The maximum absolute atomic E-state index is 12.4. The van der Waals surface area contributed by atoms with E-state index in [4.69, 9.17) is 52.1 Å². The lowest BCUT2D eigenvalue weighted by Crippen LogP contribution is -2.65. The Kier molecular flexibility index (Phi) is 15.6. The van der Waals surface area contributed by atoms with Crippen LogP contribution in [0.3, 0.4) is 0 Å². The van der Waals surface area contributed by atoms with Gasteiger partial charge in [0, 0.05) is 48.5 Å². The second-order valence-corrected chi connectivity index (χ2v) is 11.7. The summed E-state index contributed by atoms with van der Waals surface area (Å²) in [5.74, 6) is -6.00. The maximum Gasteiger partial charge on any atom is 0.303 e. The quantitative estimate of drug-likeness (QED) is 0.189. The van der Waals surface area contributed by atoms with Crippen molar-refractivity contribution >= 4 is 41.8 Å². The fraction of sp³-hybridized carbons (Fsp3) is 0.588. The van der Waals surface area contributed by atoms with Crippen LogP contribution in [0.25, 0.3) is 0 Å². The molecule has 2 saturated heterocycles. The van der Waals surface area contributed by atoms with E-state index in [9.17, 15) is 38.8 Å². The second-order valence-electron chi connectivity index (χ2n) is 11.7. The van der Waals surface area contributed by atoms with Crippen molar-refractivity contribution in [3.05, 3.63) is 35.9 Å². The van der Waals surface area contributed by atoms with E-state index < -0.39 is 123 Å². The molecule has 0 saturated carbocycles. The van der Waals surface area contributed by atoms with Crippen molar-refractivity contribution in [3.63, 3.8) is 0 Å². The molecule has 53 heavy (non-hydrogen) atoms. The second kappa shape index (κ2) is 19.6. The summed E-state index contributed by atoms with van der Waals surface area (Å²) in [6, 6.07) is 10.2. The Labute approximate surface area is 303 Å². The number of hydrogen-bond acceptors (Lipinski definition) is 19. The number of rotatable bonds is 14. The lowest BCUT2D eigenvalue weighted by Gasteiger charge is -2.46. The van der Waals surface area contributed by atoms with Crippen molar-refractivity contribution in [3.8, 4) is 6.07 Å². The van der Waals surface area contributed by atoms with Gasteiger partial charge in [-0.2, -0.15) is 5.26 Å². The Hall–Kier alpha value is -5.16. The van der Waals surface area contributed by atoms with Crippen LogP contribution >= 0.6 is 0 Å². The number of ether oxygens (including phenoxy) is 11. The lowest BCUT2D eigenvalue weighted by molar-refractivity contribution is -0.337. The maximum atomic E-state index is 12.4. The smallest absolute Gasteiger partial charge is 0.303 e. The van der Waals surface area contributed by atoms with Crippen LogP contribution in [0.1, 0.15) is 60.1 Å². The zero-order chi connectivity index (χ0) is 39.4. The molecule has 0 radical (unpaired) electrons. The first-order valence-corrected chi connectivity index (χ1v) is 16.2. The molecule has 2 aliphatic heterocycles. The van der Waals surface area contributed by atoms with Gasteiger partial charge in [-0.25, -0.2) is 0 Å². The van der Waals surface area contributed by atoms with E-state index in [2.05, 4.69) is 0 Å². The third-order valence-electron chi connectivity index (χ3n) is 7.36. The van der Waals surface area contributed by atoms with Crippen molar-refractivity contribution in [2.75, 3.05) is 13.2 Å². The zero-order valence-electron chi connectivity index (χ0n) is 29.9. The molecule has 19 heteroatoms. The molecule has 11 atom stereocenters. The van der Waals surface area contributed by atoms with Gasteiger partial charge >= 0.3 is 41.8 Å². The van der Waals surface area contributed by atoms with Crippen LogP contribution in [-0.4, -0.2) is 116 Å². The molecule has 290 valence electrons. The van der Waals surface area contributed by atoms with Crippen molar-refractivity contribution in [2.24, 2.45) is 0 Å². The van der Waals surface area contributed by atoms with E-state index in [0.717, 1.165) is 48.5 Å². The number of nitrogens with zero attached hydrogens (tertiary/aromatic N) is 1. The molecule has 2 fully saturated rings. The molecule has 0 amide bonds.